The van der Waals surface area contributed by atoms with Gasteiger partial charge in [-0.25, -0.2) is 0 Å². The van der Waals surface area contributed by atoms with Crippen molar-refractivity contribution in [3.63, 3.8) is 0 Å². The molecule has 2 N–H and O–H groups in total. The lowest BCUT2D eigenvalue weighted by molar-refractivity contribution is -0.137. The van der Waals surface area contributed by atoms with E-state index >= 15 is 0 Å². The molecule has 1 heterocycles. The van der Waals surface area contributed by atoms with Crippen LogP contribution in [-0.4, -0.2) is 27.2 Å². The largest absolute Gasteiger partial charge is 0.416 e. The number of thiocarbonyl (C=S) groups is 1. The second kappa shape index (κ2) is 6.46. The van der Waals surface area contributed by atoms with E-state index in [0.717, 1.165) is 12.1 Å². The van der Waals surface area contributed by atoms with Crippen LogP contribution in [0.4, 0.5) is 18.9 Å². The number of nitrogens with one attached hydrogen (secondary N) is 2. The first kappa shape index (κ1) is 17.7. The van der Waals surface area contributed by atoms with Crippen LogP contribution in [-0.2, 0) is 20.6 Å². The second-order valence-corrected chi connectivity index (χ2v) is 6.47. The molecule has 1 aliphatic heterocycles. The Bertz CT molecular complexity index is 724. The van der Waals surface area contributed by atoms with Crippen molar-refractivity contribution in [2.45, 2.75) is 11.4 Å². The highest BCUT2D eigenvalue weighted by molar-refractivity contribution is 8.25. The van der Waals surface area contributed by atoms with E-state index in [1.165, 1.54) is 0 Å². The van der Waals surface area contributed by atoms with Crippen molar-refractivity contribution in [1.82, 2.24) is 5.32 Å². The van der Waals surface area contributed by atoms with Crippen molar-refractivity contribution in [2.24, 2.45) is 0 Å². The highest BCUT2D eigenvalue weighted by Crippen LogP contribution is 2.34. The third-order valence-electron chi connectivity index (χ3n) is 2.69. The molecule has 0 spiro atoms. The van der Waals surface area contributed by atoms with E-state index in [-0.39, 0.29) is 15.0 Å². The van der Waals surface area contributed by atoms with E-state index in [1.54, 1.807) is 0 Å². The molecule has 1 aliphatic rings. The third kappa shape index (κ3) is 4.01. The molecule has 1 aromatic carbocycles. The van der Waals surface area contributed by atoms with Gasteiger partial charge in [-0.2, -0.15) is 13.2 Å². The molecule has 0 radical (unpaired) electrons. The number of benzene rings is 1. The number of hydrogen-bond acceptors (Lipinski definition) is 5. The first-order valence-electron chi connectivity index (χ1n) is 5.83. The summed E-state index contributed by atoms with van der Waals surface area (Å²) in [6.07, 6.45) is -4.64. The predicted octanol–water partition coefficient (Wildman–Crippen LogP) is 2.38. The fourth-order valence-electron chi connectivity index (χ4n) is 1.63. The fraction of sp³-hybridized carbons (Fsp3) is 0.167. The number of amides is 2. The van der Waals surface area contributed by atoms with Gasteiger partial charge in [-0.15, -0.1) is 0 Å². The number of rotatable bonds is 3. The zero-order valence-electron chi connectivity index (χ0n) is 10.9. The summed E-state index contributed by atoms with van der Waals surface area (Å²) in [5, 5.41) is 2.61. The van der Waals surface area contributed by atoms with Gasteiger partial charge in [0.2, 0.25) is 11.7 Å². The first-order valence-corrected chi connectivity index (χ1v) is 7.49. The summed E-state index contributed by atoms with van der Waals surface area (Å²) in [5.41, 5.74) is -1.43. The van der Waals surface area contributed by atoms with Crippen molar-refractivity contribution in [3.05, 3.63) is 28.8 Å². The van der Waals surface area contributed by atoms with Crippen LogP contribution in [0, 0.1) is 0 Å². The number of carbonyl (C=O) groups excluding carboxylic acids is 3. The van der Waals surface area contributed by atoms with E-state index in [1.807, 2.05) is 5.32 Å². The van der Waals surface area contributed by atoms with E-state index in [4.69, 9.17) is 11.6 Å². The van der Waals surface area contributed by atoms with Crippen molar-refractivity contribution in [2.75, 3.05) is 5.32 Å². The molecule has 0 saturated carbocycles. The van der Waals surface area contributed by atoms with Crippen LogP contribution in [0.1, 0.15) is 5.56 Å². The van der Waals surface area contributed by atoms with Gasteiger partial charge in [-0.3, -0.25) is 14.4 Å². The quantitative estimate of drug-likeness (QED) is 0.477. The van der Waals surface area contributed by atoms with Crippen molar-refractivity contribution >= 4 is 63.2 Å². The highest BCUT2D eigenvalue weighted by Gasteiger charge is 2.39. The van der Waals surface area contributed by atoms with Crippen molar-refractivity contribution in [3.8, 4) is 0 Å². The maximum absolute atomic E-state index is 12.6. The number of hydrogen-bond donors (Lipinski definition) is 2. The van der Waals surface area contributed by atoms with Crippen LogP contribution < -0.4 is 10.6 Å². The van der Waals surface area contributed by atoms with Crippen LogP contribution >= 0.6 is 35.6 Å². The molecule has 0 aliphatic carbocycles. The molecule has 1 fully saturated rings. The molecular formula is C12H6ClF3N2O3S2. The van der Waals surface area contributed by atoms with Gasteiger partial charge in [0.05, 0.1) is 16.3 Å². The van der Waals surface area contributed by atoms with Crippen LogP contribution in [0.2, 0.25) is 5.02 Å². The van der Waals surface area contributed by atoms with E-state index in [2.05, 4.69) is 17.5 Å². The smallest absolute Gasteiger partial charge is 0.318 e. The SMILES string of the molecule is O=C(Nc1cc(C(F)(F)F)ccc1Cl)C(=O)C1SC(=S)NC1=O. The zero-order valence-corrected chi connectivity index (χ0v) is 13.3. The summed E-state index contributed by atoms with van der Waals surface area (Å²) in [7, 11) is 0. The minimum atomic E-state index is -4.64. The molecule has 1 unspecified atom stereocenters. The summed E-state index contributed by atoms with van der Waals surface area (Å²) in [6, 6.07) is 2.27. The minimum Gasteiger partial charge on any atom is -0.318 e. The Labute approximate surface area is 141 Å². The topological polar surface area (TPSA) is 75.3 Å². The number of anilines is 1. The van der Waals surface area contributed by atoms with E-state index < -0.39 is 34.6 Å². The first-order chi connectivity index (χ1) is 10.6. The van der Waals surface area contributed by atoms with E-state index in [9.17, 15) is 27.6 Å². The normalized spacial score (nSPS) is 17.8. The van der Waals surface area contributed by atoms with Gasteiger partial charge in [0.1, 0.15) is 4.32 Å². The molecule has 23 heavy (non-hydrogen) atoms. The molecular weight excluding hydrogens is 377 g/mol. The Hall–Kier alpha value is -1.65. The summed E-state index contributed by atoms with van der Waals surface area (Å²) in [4.78, 5) is 35.1. The fourth-order valence-corrected chi connectivity index (χ4v) is 2.94. The predicted molar refractivity (Wildman–Crippen MR) is 82.2 cm³/mol. The Morgan fingerprint density at radius 2 is 2.00 bits per heavy atom. The lowest BCUT2D eigenvalue weighted by Crippen LogP contribution is -2.37. The highest BCUT2D eigenvalue weighted by atomic mass is 35.5. The molecule has 0 aromatic heterocycles. The summed E-state index contributed by atoms with van der Waals surface area (Å²) < 4.78 is 38.0. The van der Waals surface area contributed by atoms with Gasteiger partial charge < -0.3 is 10.6 Å². The average molecular weight is 383 g/mol. The number of carbonyl (C=O) groups is 3. The molecule has 11 heteroatoms. The molecule has 1 aromatic rings. The Kier molecular flexibility index (Phi) is 4.97. The Balaban J connectivity index is 2.18. The lowest BCUT2D eigenvalue weighted by atomic mass is 10.2. The van der Waals surface area contributed by atoms with Crippen molar-refractivity contribution in [1.29, 1.82) is 0 Å². The van der Waals surface area contributed by atoms with Crippen LogP contribution in [0.15, 0.2) is 18.2 Å². The number of halogens is 4. The molecule has 2 amide bonds. The summed E-state index contributed by atoms with van der Waals surface area (Å²) in [6.45, 7) is 0. The van der Waals surface area contributed by atoms with Crippen LogP contribution in [0.5, 0.6) is 0 Å². The van der Waals surface area contributed by atoms with Crippen molar-refractivity contribution < 1.29 is 27.6 Å². The molecule has 2 rings (SSSR count). The Morgan fingerprint density at radius 1 is 1.35 bits per heavy atom. The lowest BCUT2D eigenvalue weighted by Gasteiger charge is -2.12. The van der Waals surface area contributed by atoms with Crippen LogP contribution in [0.25, 0.3) is 0 Å². The number of alkyl halides is 3. The molecule has 1 atom stereocenters. The van der Waals surface area contributed by atoms with E-state index in [0.29, 0.717) is 17.8 Å². The average Bonchev–Trinajstić information content (AvgIpc) is 2.77. The minimum absolute atomic E-state index is 0.0400. The summed E-state index contributed by atoms with van der Waals surface area (Å²) >= 11 is 11.1. The molecule has 0 bridgehead atoms. The van der Waals surface area contributed by atoms with Gasteiger partial charge in [-0.1, -0.05) is 35.6 Å². The maximum atomic E-state index is 12.6. The Morgan fingerprint density at radius 3 is 2.52 bits per heavy atom. The number of Topliss-reactive ketones (excluding diaryl/α,β-unsaturated/α-hetero) is 1. The van der Waals surface area contributed by atoms with Gasteiger partial charge in [0.15, 0.2) is 5.25 Å². The van der Waals surface area contributed by atoms with Gasteiger partial charge in [0, 0.05) is 0 Å². The molecule has 1 saturated heterocycles. The monoisotopic (exact) mass is 382 g/mol. The summed E-state index contributed by atoms with van der Waals surface area (Å²) in [5.74, 6) is -3.15. The maximum Gasteiger partial charge on any atom is 0.416 e. The number of ketones is 1. The van der Waals surface area contributed by atoms with Gasteiger partial charge in [0.25, 0.3) is 5.91 Å². The standard InChI is InChI=1S/C12H6ClF3N2O3S2/c13-5-2-1-4(12(14,15)16)3-6(5)17-9(20)7(19)8-10(21)18-11(22)23-8/h1-3,8H,(H,17,20)(H,18,21,22). The van der Waals surface area contributed by atoms with Gasteiger partial charge >= 0.3 is 6.18 Å². The number of thioether (sulfide) groups is 1. The van der Waals surface area contributed by atoms with Crippen LogP contribution in [0.3, 0.4) is 0 Å². The molecule has 122 valence electrons. The molecule has 5 nitrogen and oxygen atoms in total. The third-order valence-corrected chi connectivity index (χ3v) is 4.39. The zero-order chi connectivity index (χ0) is 17.4. The second-order valence-electron chi connectivity index (χ2n) is 4.29. The van der Waals surface area contributed by atoms with Gasteiger partial charge in [-0.05, 0) is 18.2 Å².